The summed E-state index contributed by atoms with van der Waals surface area (Å²) in [6, 6.07) is 7.65. The number of benzene rings is 2. The molecule has 0 bridgehead atoms. The van der Waals surface area contributed by atoms with E-state index in [1.165, 1.54) is 39.5 Å². The van der Waals surface area contributed by atoms with Crippen molar-refractivity contribution in [3.05, 3.63) is 53.6 Å². The van der Waals surface area contributed by atoms with Crippen molar-refractivity contribution in [1.29, 1.82) is 0 Å². The van der Waals surface area contributed by atoms with Gasteiger partial charge in [-0.3, -0.25) is 0 Å². The van der Waals surface area contributed by atoms with Gasteiger partial charge in [0.15, 0.2) is 11.6 Å². The maximum Gasteiger partial charge on any atom is 0.246 e. The number of halogens is 2. The topological polar surface area (TPSA) is 55.8 Å². The lowest BCUT2D eigenvalue weighted by Crippen LogP contribution is -2.27. The third-order valence-corrected chi connectivity index (χ3v) is 5.27. The van der Waals surface area contributed by atoms with Crippen LogP contribution in [0, 0.1) is 11.6 Å². The first-order valence-electron chi connectivity index (χ1n) is 6.92. The molecule has 0 aliphatic rings. The summed E-state index contributed by atoms with van der Waals surface area (Å²) in [6.45, 7) is -0.125. The molecular formula is C16H17F2NO4S. The summed E-state index contributed by atoms with van der Waals surface area (Å²) in [6.07, 6.45) is 0. The monoisotopic (exact) mass is 357 g/mol. The molecule has 0 saturated carbocycles. The fraction of sp³-hybridized carbons (Fsp3) is 0.250. The standard InChI is InChI=1S/C16H17F2NO4S/c1-19(10-11-4-6-13(17)14(18)8-11)24(20,21)16-9-12(22-2)5-7-15(16)23-3/h4-9H,10H2,1-3H3. The largest absolute Gasteiger partial charge is 0.497 e. The highest BCUT2D eigenvalue weighted by molar-refractivity contribution is 7.89. The molecule has 0 aliphatic carbocycles. The van der Waals surface area contributed by atoms with Gasteiger partial charge in [-0.15, -0.1) is 0 Å². The Morgan fingerprint density at radius 2 is 1.71 bits per heavy atom. The van der Waals surface area contributed by atoms with Crippen molar-refractivity contribution in [3.63, 3.8) is 0 Å². The molecule has 0 radical (unpaired) electrons. The summed E-state index contributed by atoms with van der Waals surface area (Å²) >= 11 is 0. The van der Waals surface area contributed by atoms with E-state index in [9.17, 15) is 17.2 Å². The van der Waals surface area contributed by atoms with Gasteiger partial charge in [-0.1, -0.05) is 6.07 Å². The molecule has 2 aromatic rings. The second-order valence-electron chi connectivity index (χ2n) is 5.03. The Morgan fingerprint density at radius 1 is 1.00 bits per heavy atom. The van der Waals surface area contributed by atoms with Gasteiger partial charge < -0.3 is 9.47 Å². The second-order valence-corrected chi connectivity index (χ2v) is 7.04. The van der Waals surface area contributed by atoms with Crippen molar-refractivity contribution >= 4 is 10.0 Å². The molecule has 5 nitrogen and oxygen atoms in total. The summed E-state index contributed by atoms with van der Waals surface area (Å²) in [5.41, 5.74) is 0.321. The van der Waals surface area contributed by atoms with E-state index in [-0.39, 0.29) is 17.2 Å². The molecule has 0 atom stereocenters. The van der Waals surface area contributed by atoms with Crippen LogP contribution >= 0.6 is 0 Å². The van der Waals surface area contributed by atoms with Crippen LogP contribution in [0.4, 0.5) is 8.78 Å². The highest BCUT2D eigenvalue weighted by Gasteiger charge is 2.26. The lowest BCUT2D eigenvalue weighted by atomic mass is 10.2. The first-order chi connectivity index (χ1) is 11.3. The first-order valence-corrected chi connectivity index (χ1v) is 8.36. The quantitative estimate of drug-likeness (QED) is 0.798. The normalized spacial score (nSPS) is 11.6. The molecule has 0 N–H and O–H groups in total. The van der Waals surface area contributed by atoms with Crippen molar-refractivity contribution in [2.24, 2.45) is 0 Å². The minimum Gasteiger partial charge on any atom is -0.497 e. The molecule has 0 spiro atoms. The van der Waals surface area contributed by atoms with E-state index in [1.807, 2.05) is 0 Å². The van der Waals surface area contributed by atoms with Gasteiger partial charge in [-0.25, -0.2) is 17.2 Å². The van der Waals surface area contributed by atoms with Crippen LogP contribution in [0.2, 0.25) is 0 Å². The minimum atomic E-state index is -3.92. The van der Waals surface area contributed by atoms with Gasteiger partial charge in [0.05, 0.1) is 14.2 Å². The van der Waals surface area contributed by atoms with Crippen molar-refractivity contribution in [1.82, 2.24) is 4.31 Å². The molecule has 0 amide bonds. The van der Waals surface area contributed by atoms with Crippen LogP contribution in [0.5, 0.6) is 11.5 Å². The summed E-state index contributed by atoms with van der Waals surface area (Å²) in [5.74, 6) is -1.50. The van der Waals surface area contributed by atoms with Crippen molar-refractivity contribution in [2.45, 2.75) is 11.4 Å². The third kappa shape index (κ3) is 3.65. The van der Waals surface area contributed by atoms with Gasteiger partial charge in [-0.05, 0) is 29.8 Å². The molecule has 8 heteroatoms. The van der Waals surface area contributed by atoms with Crippen LogP contribution in [-0.2, 0) is 16.6 Å². The van der Waals surface area contributed by atoms with Crippen LogP contribution in [0.15, 0.2) is 41.3 Å². The molecule has 0 fully saturated rings. The molecule has 24 heavy (non-hydrogen) atoms. The van der Waals surface area contributed by atoms with Gasteiger partial charge in [0.1, 0.15) is 16.4 Å². The van der Waals surface area contributed by atoms with Crippen LogP contribution < -0.4 is 9.47 Å². The van der Waals surface area contributed by atoms with Gasteiger partial charge in [-0.2, -0.15) is 4.31 Å². The Morgan fingerprint density at radius 3 is 2.29 bits per heavy atom. The molecule has 2 rings (SSSR count). The summed E-state index contributed by atoms with van der Waals surface area (Å²) < 4.78 is 63.0. The predicted molar refractivity (Wildman–Crippen MR) is 84.6 cm³/mol. The summed E-state index contributed by atoms with van der Waals surface area (Å²) in [7, 11) is 0.197. The number of hydrogen-bond donors (Lipinski definition) is 0. The predicted octanol–water partition coefficient (Wildman–Crippen LogP) is 2.80. The van der Waals surface area contributed by atoms with E-state index in [1.54, 1.807) is 6.07 Å². The molecule has 130 valence electrons. The number of sulfonamides is 1. The van der Waals surface area contributed by atoms with Gasteiger partial charge in [0.2, 0.25) is 10.0 Å². The lowest BCUT2D eigenvalue weighted by molar-refractivity contribution is 0.388. The van der Waals surface area contributed by atoms with Crippen molar-refractivity contribution in [2.75, 3.05) is 21.3 Å². The zero-order valence-corrected chi connectivity index (χ0v) is 14.2. The number of nitrogens with zero attached hydrogens (tertiary/aromatic N) is 1. The SMILES string of the molecule is COc1ccc(OC)c(S(=O)(=O)N(C)Cc2ccc(F)c(F)c2)c1. The van der Waals surface area contributed by atoms with E-state index in [0.717, 1.165) is 16.4 Å². The van der Waals surface area contributed by atoms with Crippen LogP contribution in [-0.4, -0.2) is 34.0 Å². The minimum absolute atomic E-state index is 0.0746. The van der Waals surface area contributed by atoms with Crippen molar-refractivity contribution < 1.29 is 26.7 Å². The molecule has 0 aromatic heterocycles. The Hall–Kier alpha value is -2.19. The number of hydrogen-bond acceptors (Lipinski definition) is 4. The molecule has 0 aliphatic heterocycles. The smallest absolute Gasteiger partial charge is 0.246 e. The Balaban J connectivity index is 2.36. The summed E-state index contributed by atoms with van der Waals surface area (Å²) in [5, 5.41) is 0. The highest BCUT2D eigenvalue weighted by Crippen LogP contribution is 2.30. The van der Waals surface area contributed by atoms with E-state index < -0.39 is 21.7 Å². The van der Waals surface area contributed by atoms with E-state index in [4.69, 9.17) is 9.47 Å². The lowest BCUT2D eigenvalue weighted by Gasteiger charge is -2.19. The maximum absolute atomic E-state index is 13.3. The van der Waals surface area contributed by atoms with Crippen LogP contribution in [0.1, 0.15) is 5.56 Å². The zero-order valence-electron chi connectivity index (χ0n) is 13.4. The van der Waals surface area contributed by atoms with E-state index in [2.05, 4.69) is 0 Å². The highest BCUT2D eigenvalue weighted by atomic mass is 32.2. The van der Waals surface area contributed by atoms with Crippen LogP contribution in [0.3, 0.4) is 0 Å². The van der Waals surface area contributed by atoms with E-state index >= 15 is 0 Å². The van der Waals surface area contributed by atoms with Crippen molar-refractivity contribution in [3.8, 4) is 11.5 Å². The fourth-order valence-corrected chi connectivity index (χ4v) is 3.46. The van der Waals surface area contributed by atoms with Gasteiger partial charge in [0.25, 0.3) is 0 Å². The number of rotatable bonds is 6. The Kier molecular flexibility index (Phi) is 5.40. The maximum atomic E-state index is 13.3. The third-order valence-electron chi connectivity index (χ3n) is 3.45. The zero-order chi connectivity index (χ0) is 17.9. The molecule has 2 aromatic carbocycles. The molecular weight excluding hydrogens is 340 g/mol. The molecule has 0 heterocycles. The second kappa shape index (κ2) is 7.14. The van der Waals surface area contributed by atoms with Gasteiger partial charge in [0, 0.05) is 19.7 Å². The number of methoxy groups -OCH3 is 2. The van der Waals surface area contributed by atoms with Gasteiger partial charge >= 0.3 is 0 Å². The fourth-order valence-electron chi connectivity index (χ4n) is 2.13. The van der Waals surface area contributed by atoms with E-state index in [0.29, 0.717) is 11.3 Å². The average Bonchev–Trinajstić information content (AvgIpc) is 2.57. The number of ether oxygens (including phenoxy) is 2. The first kappa shape index (κ1) is 18.2. The molecule has 0 unspecified atom stereocenters. The van der Waals surface area contributed by atoms with Crippen LogP contribution in [0.25, 0.3) is 0 Å². The summed E-state index contributed by atoms with van der Waals surface area (Å²) in [4.78, 5) is -0.0746. The Bertz CT molecular complexity index is 840. The Labute approximate surface area is 139 Å². The molecule has 0 saturated heterocycles. The average molecular weight is 357 g/mol.